The Morgan fingerprint density at radius 1 is 1.12 bits per heavy atom. The molecule has 0 aliphatic heterocycles. The molecule has 0 fully saturated rings. The van der Waals surface area contributed by atoms with Gasteiger partial charge in [0.15, 0.2) is 0 Å². The van der Waals surface area contributed by atoms with E-state index in [9.17, 15) is 0 Å². The highest BCUT2D eigenvalue weighted by molar-refractivity contribution is 6.43. The molecule has 17 heavy (non-hydrogen) atoms. The number of benzene rings is 1. The number of hydrogen-bond acceptors (Lipinski definition) is 3. The van der Waals surface area contributed by atoms with Gasteiger partial charge in [0, 0.05) is 0 Å². The Hall–Kier alpha value is -1.16. The van der Waals surface area contributed by atoms with E-state index in [2.05, 4.69) is 4.98 Å². The maximum absolute atomic E-state index is 5.97. The van der Waals surface area contributed by atoms with Crippen molar-refractivity contribution in [1.82, 2.24) is 4.98 Å². The lowest BCUT2D eigenvalue weighted by atomic mass is 10.3. The quantitative estimate of drug-likeness (QED) is 0.890. The van der Waals surface area contributed by atoms with Gasteiger partial charge in [0.05, 0.1) is 16.9 Å². The van der Waals surface area contributed by atoms with E-state index in [1.54, 1.807) is 24.3 Å². The third-order valence-corrected chi connectivity index (χ3v) is 3.02. The van der Waals surface area contributed by atoms with Gasteiger partial charge in [-0.25, -0.2) is 4.98 Å². The summed E-state index contributed by atoms with van der Waals surface area (Å²) in [6.07, 6.45) is 1.44. The second kappa shape index (κ2) is 5.00. The molecule has 6 heteroatoms. The standard InChI is InChI=1S/C11H7Cl3N2O/c12-7-2-1-3-9(10(7)14)17-11-8(13)4-6(15)5-16-11/h1-5H,15H2. The predicted molar refractivity (Wildman–Crippen MR) is 70.2 cm³/mol. The molecule has 2 N–H and O–H groups in total. The normalized spacial score (nSPS) is 10.3. The lowest BCUT2D eigenvalue weighted by Gasteiger charge is -2.08. The van der Waals surface area contributed by atoms with Gasteiger partial charge in [0.25, 0.3) is 0 Å². The number of halogens is 3. The van der Waals surface area contributed by atoms with Gasteiger partial charge in [-0.2, -0.15) is 0 Å². The molecule has 88 valence electrons. The van der Waals surface area contributed by atoms with Crippen molar-refractivity contribution in [2.75, 3.05) is 5.73 Å². The van der Waals surface area contributed by atoms with Crippen molar-refractivity contribution < 1.29 is 4.74 Å². The minimum atomic E-state index is 0.227. The zero-order valence-corrected chi connectivity index (χ0v) is 10.7. The lowest BCUT2D eigenvalue weighted by molar-refractivity contribution is 0.463. The van der Waals surface area contributed by atoms with Crippen LogP contribution in [0.2, 0.25) is 15.1 Å². The first-order valence-electron chi connectivity index (χ1n) is 4.61. The van der Waals surface area contributed by atoms with Gasteiger partial charge in [0.1, 0.15) is 15.8 Å². The van der Waals surface area contributed by atoms with Crippen LogP contribution in [0.3, 0.4) is 0 Å². The third kappa shape index (κ3) is 2.75. The van der Waals surface area contributed by atoms with E-state index >= 15 is 0 Å². The molecule has 1 heterocycles. The van der Waals surface area contributed by atoms with Crippen LogP contribution < -0.4 is 10.5 Å². The first kappa shape index (κ1) is 12.3. The molecule has 0 aliphatic rings. The highest BCUT2D eigenvalue weighted by Crippen LogP contribution is 2.36. The Morgan fingerprint density at radius 2 is 1.88 bits per heavy atom. The highest BCUT2D eigenvalue weighted by atomic mass is 35.5. The topological polar surface area (TPSA) is 48.1 Å². The number of pyridine rings is 1. The molecule has 0 atom stereocenters. The SMILES string of the molecule is Nc1cnc(Oc2cccc(Cl)c2Cl)c(Cl)c1. The van der Waals surface area contributed by atoms with E-state index < -0.39 is 0 Å². The highest BCUT2D eigenvalue weighted by Gasteiger charge is 2.10. The van der Waals surface area contributed by atoms with Gasteiger partial charge in [-0.1, -0.05) is 40.9 Å². The van der Waals surface area contributed by atoms with E-state index in [0.717, 1.165) is 0 Å². The van der Waals surface area contributed by atoms with Crippen LogP contribution in [0.25, 0.3) is 0 Å². The second-order valence-corrected chi connectivity index (χ2v) is 4.40. The van der Waals surface area contributed by atoms with Crippen LogP contribution in [-0.2, 0) is 0 Å². The van der Waals surface area contributed by atoms with Gasteiger partial charge >= 0.3 is 0 Å². The van der Waals surface area contributed by atoms with Crippen molar-refractivity contribution in [2.24, 2.45) is 0 Å². The molecule has 1 aromatic heterocycles. The molecule has 0 amide bonds. The molecule has 0 bridgehead atoms. The van der Waals surface area contributed by atoms with Crippen molar-refractivity contribution >= 4 is 40.5 Å². The summed E-state index contributed by atoms with van der Waals surface area (Å²) in [6, 6.07) is 6.59. The first-order valence-corrected chi connectivity index (χ1v) is 5.74. The largest absolute Gasteiger partial charge is 0.436 e. The van der Waals surface area contributed by atoms with E-state index in [0.29, 0.717) is 26.5 Å². The van der Waals surface area contributed by atoms with E-state index in [1.807, 2.05) is 0 Å². The molecule has 0 unspecified atom stereocenters. The van der Waals surface area contributed by atoms with Gasteiger partial charge in [0.2, 0.25) is 5.88 Å². The zero-order chi connectivity index (χ0) is 12.4. The number of nitrogens with zero attached hydrogens (tertiary/aromatic N) is 1. The van der Waals surface area contributed by atoms with Crippen molar-refractivity contribution in [1.29, 1.82) is 0 Å². The molecule has 0 saturated heterocycles. The smallest absolute Gasteiger partial charge is 0.238 e. The maximum Gasteiger partial charge on any atom is 0.238 e. The molecular formula is C11H7Cl3N2O. The Balaban J connectivity index is 2.35. The fourth-order valence-electron chi connectivity index (χ4n) is 1.18. The fraction of sp³-hybridized carbons (Fsp3) is 0. The van der Waals surface area contributed by atoms with E-state index in [4.69, 9.17) is 45.3 Å². The number of ether oxygens (including phenoxy) is 1. The van der Waals surface area contributed by atoms with E-state index in [-0.39, 0.29) is 5.88 Å². The maximum atomic E-state index is 5.97. The molecule has 0 aliphatic carbocycles. The number of nitrogen functional groups attached to an aromatic ring is 1. The summed E-state index contributed by atoms with van der Waals surface area (Å²) in [5.74, 6) is 0.614. The molecule has 0 spiro atoms. The minimum absolute atomic E-state index is 0.227. The summed E-state index contributed by atoms with van der Waals surface area (Å²) < 4.78 is 5.46. The molecule has 0 saturated carbocycles. The molecule has 2 rings (SSSR count). The van der Waals surface area contributed by atoms with Crippen molar-refractivity contribution in [3.8, 4) is 11.6 Å². The number of aromatic nitrogens is 1. The number of anilines is 1. The van der Waals surface area contributed by atoms with E-state index in [1.165, 1.54) is 6.20 Å². The summed E-state index contributed by atoms with van der Waals surface area (Å²) >= 11 is 17.8. The summed E-state index contributed by atoms with van der Waals surface area (Å²) in [5.41, 5.74) is 5.98. The summed E-state index contributed by atoms with van der Waals surface area (Å²) in [7, 11) is 0. The average molecular weight is 290 g/mol. The molecule has 3 nitrogen and oxygen atoms in total. The number of rotatable bonds is 2. The second-order valence-electron chi connectivity index (χ2n) is 3.21. The first-order chi connectivity index (χ1) is 8.08. The fourth-order valence-corrected chi connectivity index (χ4v) is 1.73. The summed E-state index contributed by atoms with van der Waals surface area (Å²) in [4.78, 5) is 3.96. The van der Waals surface area contributed by atoms with Crippen LogP contribution in [0.1, 0.15) is 0 Å². The predicted octanol–water partition coefficient (Wildman–Crippen LogP) is 4.42. The zero-order valence-electron chi connectivity index (χ0n) is 8.45. The lowest BCUT2D eigenvalue weighted by Crippen LogP contribution is -1.92. The summed E-state index contributed by atoms with van der Waals surface area (Å²) in [5, 5.41) is 1.01. The Morgan fingerprint density at radius 3 is 2.59 bits per heavy atom. The molecule has 1 aromatic carbocycles. The monoisotopic (exact) mass is 288 g/mol. The van der Waals surface area contributed by atoms with Gasteiger partial charge in [-0.05, 0) is 18.2 Å². The van der Waals surface area contributed by atoms with Crippen molar-refractivity contribution in [2.45, 2.75) is 0 Å². The van der Waals surface area contributed by atoms with Crippen LogP contribution in [0.15, 0.2) is 30.5 Å². The van der Waals surface area contributed by atoms with Crippen LogP contribution in [0.4, 0.5) is 5.69 Å². The van der Waals surface area contributed by atoms with Gasteiger partial charge < -0.3 is 10.5 Å². The molecule has 0 radical (unpaired) electrons. The van der Waals surface area contributed by atoms with Crippen LogP contribution >= 0.6 is 34.8 Å². The Kier molecular flexibility index (Phi) is 3.62. The van der Waals surface area contributed by atoms with Crippen molar-refractivity contribution in [3.05, 3.63) is 45.5 Å². The van der Waals surface area contributed by atoms with Gasteiger partial charge in [-0.3, -0.25) is 0 Å². The van der Waals surface area contributed by atoms with Crippen molar-refractivity contribution in [3.63, 3.8) is 0 Å². The number of hydrogen-bond donors (Lipinski definition) is 1. The Labute approximate surface area is 113 Å². The minimum Gasteiger partial charge on any atom is -0.436 e. The third-order valence-electron chi connectivity index (χ3n) is 1.95. The number of nitrogens with two attached hydrogens (primary N) is 1. The van der Waals surface area contributed by atoms with Gasteiger partial charge in [-0.15, -0.1) is 0 Å². The average Bonchev–Trinajstić information content (AvgIpc) is 2.28. The van der Waals surface area contributed by atoms with Crippen LogP contribution in [-0.4, -0.2) is 4.98 Å². The van der Waals surface area contributed by atoms with Crippen LogP contribution in [0, 0.1) is 0 Å². The van der Waals surface area contributed by atoms with Crippen LogP contribution in [0.5, 0.6) is 11.6 Å². The molecule has 2 aromatic rings. The molecular weight excluding hydrogens is 282 g/mol. The summed E-state index contributed by atoms with van der Waals surface area (Å²) in [6.45, 7) is 0. The Bertz CT molecular complexity index is 560.